The summed E-state index contributed by atoms with van der Waals surface area (Å²) in [6, 6.07) is 32.3. The molecule has 0 aliphatic heterocycles. The minimum Gasteiger partial charge on any atom is -0.472 e. The molecule has 11 heterocycles. The molecule has 748 valence electrons. The molecule has 0 saturated heterocycles. The van der Waals surface area contributed by atoms with Crippen LogP contribution in [0.5, 0.6) is 0 Å². The molecule has 0 aliphatic rings. The Morgan fingerprint density at radius 3 is 0.909 bits per heavy atom. The third kappa shape index (κ3) is 229. The number of nitrogens with one attached hydrogen (secondary N) is 2. The first-order chi connectivity index (χ1) is 47.2. The number of aromatic nitrogens is 7. The Morgan fingerprint density at radius 2 is 0.802 bits per heavy atom. The predicted molar refractivity (Wildman–Crippen MR) is 601 cm³/mol. The summed E-state index contributed by atoms with van der Waals surface area (Å²) < 4.78 is 25.6. The van der Waals surface area contributed by atoms with E-state index in [2.05, 4.69) is 108 Å². The predicted octanol–water partition coefficient (Wildman–Crippen LogP) is 44.9. The van der Waals surface area contributed by atoms with Gasteiger partial charge in [0, 0.05) is 67.1 Å². The van der Waals surface area contributed by atoms with Gasteiger partial charge in [0.15, 0.2) is 18.7 Å². The van der Waals surface area contributed by atoms with Crippen molar-refractivity contribution in [1.29, 1.82) is 0 Å². The number of benzene rings is 1. The van der Waals surface area contributed by atoms with Crippen LogP contribution in [0, 0.1) is 76.2 Å². The van der Waals surface area contributed by atoms with Crippen molar-refractivity contribution in [3.63, 3.8) is 0 Å². The molecule has 121 heavy (non-hydrogen) atoms. The number of thiophene rings is 2. The van der Waals surface area contributed by atoms with Crippen molar-refractivity contribution in [3.05, 3.63) is 273 Å². The number of aryl methyl sites for hydroxylation is 12. The molecule has 0 bridgehead atoms. The molecule has 1 aromatic carbocycles. The Morgan fingerprint density at radius 1 is 0.331 bits per heavy atom. The van der Waals surface area contributed by atoms with Crippen molar-refractivity contribution in [2.75, 3.05) is 0 Å². The Kier molecular flexibility index (Phi) is 460. The van der Waals surface area contributed by atoms with Gasteiger partial charge in [-0.3, -0.25) is 4.98 Å². The standard InChI is InChI=1S/C7H8.3C5H7N.2C5H6O.2C5H6S.3C4H5NO.C4H5NS.12C2H6.24CH4/c1-7-5-3-2-4-6-7;1-5-2-3-6-4-5;1-6-4-2-3-5-6;1-5-3-2-4-6-5;1-5-2-3-6-4-5;1-5-3-2-4-6-5;1-5-2-3-6-4-5;1-5-3-2-4-6-5;1-4-2-6-3-5-4;1-4-2-5-3-6-4;2*1-4-5-2-3-6-4;12*1-2;;;;;;;;;;;;;;;;;;;;;;;;/h2-6H,1H3;2-4,6H,1H3;2-5H,1H3;2-4,6H,1H3;4*2-4H,1H3;4*2-3H,1H3;12*1-2H3;24*1H4. The number of H-pyrrole nitrogens is 2. The molecule has 12 nitrogen and oxygen atoms in total. The molecular formula is C106H241N7O5S3. The lowest BCUT2D eigenvalue weighted by atomic mass is 10.2. The van der Waals surface area contributed by atoms with Crippen LogP contribution in [0.3, 0.4) is 0 Å². The minimum absolute atomic E-state index is 0. The summed E-state index contributed by atoms with van der Waals surface area (Å²) >= 11 is 5.18. The second-order valence-corrected chi connectivity index (χ2v) is 18.2. The fourth-order valence-electron chi connectivity index (χ4n) is 4.31. The van der Waals surface area contributed by atoms with Crippen LogP contribution < -0.4 is 0 Å². The summed E-state index contributed by atoms with van der Waals surface area (Å²) in [5, 5.41) is 9.38. The van der Waals surface area contributed by atoms with Crippen LogP contribution in [-0.2, 0) is 7.05 Å². The summed E-state index contributed by atoms with van der Waals surface area (Å²) in [5.74, 6) is 2.54. The summed E-state index contributed by atoms with van der Waals surface area (Å²) in [6.07, 6.45) is 25.9. The molecule has 0 spiro atoms. The highest BCUT2D eigenvalue weighted by Crippen LogP contribution is 2.04. The Bertz CT molecular complexity index is 2150. The van der Waals surface area contributed by atoms with Gasteiger partial charge in [-0.05, 0) is 163 Å². The van der Waals surface area contributed by atoms with Gasteiger partial charge in [0.25, 0.3) is 0 Å². The van der Waals surface area contributed by atoms with Crippen molar-refractivity contribution < 1.29 is 22.1 Å². The highest BCUT2D eigenvalue weighted by molar-refractivity contribution is 7.10. The van der Waals surface area contributed by atoms with E-state index in [1.807, 2.05) is 322 Å². The number of hydrogen-bond acceptors (Lipinski definition) is 12. The fraction of sp³-hybridized carbons (Fsp3) is 0.566. The van der Waals surface area contributed by atoms with Gasteiger partial charge in [0.2, 0.25) is 0 Å². The van der Waals surface area contributed by atoms with Crippen molar-refractivity contribution in [3.8, 4) is 0 Å². The van der Waals surface area contributed by atoms with Gasteiger partial charge in [-0.2, -0.15) is 11.3 Å². The maximum atomic E-state index is 4.83. The summed E-state index contributed by atoms with van der Waals surface area (Å²) in [5.41, 5.74) is 7.29. The van der Waals surface area contributed by atoms with Gasteiger partial charge in [0.05, 0.1) is 41.9 Å². The average molecular weight is 1790 g/mol. The summed E-state index contributed by atoms with van der Waals surface area (Å²) in [7, 11) is 2.00. The van der Waals surface area contributed by atoms with Crippen LogP contribution in [-0.4, -0.2) is 34.5 Å². The molecule has 0 unspecified atom stereocenters. The Hall–Kier alpha value is -7.72. The van der Waals surface area contributed by atoms with E-state index in [0.29, 0.717) is 0 Å². The zero-order chi connectivity index (χ0) is 77.6. The van der Waals surface area contributed by atoms with Gasteiger partial charge < -0.3 is 36.6 Å². The molecule has 15 heteroatoms. The van der Waals surface area contributed by atoms with E-state index in [4.69, 9.17) is 17.7 Å². The first kappa shape index (κ1) is 239. The fourth-order valence-corrected chi connectivity index (χ4v) is 5.94. The lowest BCUT2D eigenvalue weighted by Crippen LogP contribution is -1.75. The highest BCUT2D eigenvalue weighted by atomic mass is 32.1. The molecule has 0 radical (unpaired) electrons. The third-order valence-electron chi connectivity index (χ3n) is 8.08. The molecule has 12 rings (SSSR count). The van der Waals surface area contributed by atoms with Gasteiger partial charge in [0.1, 0.15) is 24.0 Å². The molecule has 0 saturated carbocycles. The van der Waals surface area contributed by atoms with E-state index in [-0.39, 0.29) is 178 Å². The lowest BCUT2D eigenvalue weighted by molar-refractivity contribution is 0.521. The van der Waals surface area contributed by atoms with Gasteiger partial charge in [-0.15, -0.1) is 22.7 Å². The van der Waals surface area contributed by atoms with Crippen LogP contribution in [0.2, 0.25) is 0 Å². The second-order valence-electron chi connectivity index (χ2n) is 15.1. The first-order valence-electron chi connectivity index (χ1n) is 34.9. The molecular weight excluding hydrogens is 1550 g/mol. The van der Waals surface area contributed by atoms with Crippen molar-refractivity contribution >= 4 is 34.0 Å². The second kappa shape index (κ2) is 233. The van der Waals surface area contributed by atoms with Crippen molar-refractivity contribution in [2.24, 2.45) is 7.05 Å². The topological polar surface area (TPSA) is 154 Å². The summed E-state index contributed by atoms with van der Waals surface area (Å²) in [6.45, 7) is 69.8. The van der Waals surface area contributed by atoms with Crippen molar-refractivity contribution in [2.45, 2.75) is 421 Å². The smallest absolute Gasteiger partial charge is 0.190 e. The number of hydrogen-bond donors (Lipinski definition) is 2. The maximum Gasteiger partial charge on any atom is 0.190 e. The quantitative estimate of drug-likeness (QED) is 0.151. The van der Waals surface area contributed by atoms with E-state index in [0.717, 1.165) is 28.1 Å². The third-order valence-corrected chi connectivity index (χ3v) is 10.4. The molecule has 0 amide bonds. The molecule has 0 atom stereocenters. The maximum absolute atomic E-state index is 4.83. The Labute approximate surface area is 786 Å². The van der Waals surface area contributed by atoms with Crippen LogP contribution in [0.4, 0.5) is 0 Å². The van der Waals surface area contributed by atoms with Crippen LogP contribution >= 0.6 is 34.0 Å². The van der Waals surface area contributed by atoms with E-state index in [1.54, 1.807) is 90.8 Å². The van der Waals surface area contributed by atoms with E-state index in [1.165, 1.54) is 45.6 Å². The van der Waals surface area contributed by atoms with Gasteiger partial charge in [-0.25, -0.2) is 15.0 Å². The number of rotatable bonds is 0. The monoisotopic (exact) mass is 1790 g/mol. The van der Waals surface area contributed by atoms with E-state index in [9.17, 15) is 0 Å². The number of aromatic amines is 2. The molecule has 0 fully saturated rings. The summed E-state index contributed by atoms with van der Waals surface area (Å²) in [4.78, 5) is 22.4. The number of furan rings is 2. The minimum atomic E-state index is 0. The number of nitrogens with zero attached hydrogens (tertiary/aromatic N) is 5. The number of oxazole rings is 3. The zero-order valence-electron chi connectivity index (χ0n) is 68.2. The number of thiazole rings is 1. The van der Waals surface area contributed by atoms with E-state index < -0.39 is 0 Å². The Balaban J connectivity index is -0.0000000184. The van der Waals surface area contributed by atoms with Gasteiger partial charge in [-0.1, -0.05) is 386 Å². The van der Waals surface area contributed by atoms with Crippen LogP contribution in [0.1, 0.15) is 405 Å². The average Bonchev–Trinajstić information content (AvgIpc) is 1.92. The highest BCUT2D eigenvalue weighted by Gasteiger charge is 1.81. The normalized spacial score (nSPS) is 5.92. The van der Waals surface area contributed by atoms with Crippen LogP contribution in [0.15, 0.2) is 234 Å². The van der Waals surface area contributed by atoms with Crippen LogP contribution in [0.25, 0.3) is 0 Å². The molecule has 0 aliphatic carbocycles. The molecule has 2 N–H and O–H groups in total. The SMILES string of the molecule is C.C.C.C.C.C.C.C.C.C.C.C.C.C.C.C.C.C.C.C.C.C.C.C.CC.CC.CC.CC.CC.CC.CC.CC.CC.CC.CC.CC.Cc1cc[nH]c1.Cc1ccc[nH]1.Cc1ccccc1.Cc1ccco1.Cc1cccs1.Cc1ccoc1.Cc1ccsc1.Cc1cnco1.Cc1cocn1.Cc1ncco1.Cc1nccs1.Cn1cccc1. The lowest BCUT2D eigenvalue weighted by Gasteiger charge is -1.82. The van der Waals surface area contributed by atoms with E-state index >= 15 is 0 Å². The van der Waals surface area contributed by atoms with Crippen molar-refractivity contribution in [1.82, 2.24) is 34.5 Å². The van der Waals surface area contributed by atoms with Gasteiger partial charge >= 0.3 is 0 Å². The largest absolute Gasteiger partial charge is 0.472 e. The molecule has 11 aromatic heterocycles. The molecule has 12 aromatic rings. The zero-order valence-corrected chi connectivity index (χ0v) is 70.7. The first-order valence-corrected chi connectivity index (χ1v) is 37.6.